The highest BCUT2D eigenvalue weighted by molar-refractivity contribution is 5.78. The first-order valence-electron chi connectivity index (χ1n) is 7.00. The van der Waals surface area contributed by atoms with Crippen molar-refractivity contribution < 1.29 is 0 Å². The van der Waals surface area contributed by atoms with E-state index in [1.165, 1.54) is 12.6 Å². The van der Waals surface area contributed by atoms with Crippen molar-refractivity contribution in [2.24, 2.45) is 15.7 Å². The van der Waals surface area contributed by atoms with E-state index in [0.717, 1.165) is 12.1 Å². The first-order valence-corrected chi connectivity index (χ1v) is 7.00. The summed E-state index contributed by atoms with van der Waals surface area (Å²) in [6.07, 6.45) is 19.8. The van der Waals surface area contributed by atoms with E-state index in [-0.39, 0.29) is 0 Å². The SMILES string of the molecule is C#C.C/C=C(/C)C=NC/C=C/C=C(/C)C=NC.CC.CN. The molecule has 0 spiro atoms. The van der Waals surface area contributed by atoms with Gasteiger partial charge >= 0.3 is 0 Å². The number of aliphatic imine (C=N–C) groups is 2. The highest BCUT2D eigenvalue weighted by atomic mass is 14.7. The maximum Gasteiger partial charge on any atom is 0.0573 e. The Hall–Kier alpha value is -1.92. The van der Waals surface area contributed by atoms with Crippen LogP contribution in [0.1, 0.15) is 34.6 Å². The van der Waals surface area contributed by atoms with Gasteiger partial charge in [-0.25, -0.2) is 0 Å². The van der Waals surface area contributed by atoms with Gasteiger partial charge in [0.1, 0.15) is 0 Å². The summed E-state index contributed by atoms with van der Waals surface area (Å²) in [4.78, 5) is 8.16. The van der Waals surface area contributed by atoms with Crippen LogP contribution in [0.3, 0.4) is 0 Å². The van der Waals surface area contributed by atoms with Gasteiger partial charge in [-0.2, -0.15) is 0 Å². The van der Waals surface area contributed by atoms with Crippen molar-refractivity contribution in [1.82, 2.24) is 0 Å². The highest BCUT2D eigenvalue weighted by Gasteiger charge is 1.78. The summed E-state index contributed by atoms with van der Waals surface area (Å²) >= 11 is 0. The number of hydrogen-bond donors (Lipinski definition) is 1. The van der Waals surface area contributed by atoms with Crippen molar-refractivity contribution in [2.75, 3.05) is 20.6 Å². The average Bonchev–Trinajstić information content (AvgIpc) is 2.56. The number of terminal acetylenes is 1. The molecule has 0 aliphatic rings. The minimum atomic E-state index is 0.720. The molecular weight excluding hydrogens is 258 g/mol. The molecule has 0 saturated heterocycles. The average molecular weight is 291 g/mol. The third-order valence-electron chi connectivity index (χ3n) is 1.79. The van der Waals surface area contributed by atoms with Crippen LogP contribution in [0.4, 0.5) is 0 Å². The predicted molar refractivity (Wildman–Crippen MR) is 101 cm³/mol. The van der Waals surface area contributed by atoms with Gasteiger partial charge in [-0.15, -0.1) is 12.8 Å². The van der Waals surface area contributed by atoms with Crippen LogP contribution in [0.15, 0.2) is 45.4 Å². The van der Waals surface area contributed by atoms with Gasteiger partial charge in [0.2, 0.25) is 0 Å². The molecular formula is C18H33N3. The van der Waals surface area contributed by atoms with E-state index in [4.69, 9.17) is 0 Å². The summed E-state index contributed by atoms with van der Waals surface area (Å²) in [5.74, 6) is 0. The number of nitrogens with zero attached hydrogens (tertiary/aromatic N) is 2. The minimum absolute atomic E-state index is 0.720. The third kappa shape index (κ3) is 32.0. The van der Waals surface area contributed by atoms with E-state index in [2.05, 4.69) is 28.6 Å². The Bertz CT molecular complexity index is 343. The fourth-order valence-corrected chi connectivity index (χ4v) is 0.859. The van der Waals surface area contributed by atoms with E-state index in [1.54, 1.807) is 7.05 Å². The maximum absolute atomic E-state index is 4.50. The van der Waals surface area contributed by atoms with Crippen LogP contribution >= 0.6 is 0 Å². The Morgan fingerprint density at radius 2 is 1.57 bits per heavy atom. The Balaban J connectivity index is -0.000000212. The normalized spacial score (nSPS) is 11.3. The molecule has 0 aromatic heterocycles. The summed E-state index contributed by atoms with van der Waals surface area (Å²) in [7, 11) is 3.27. The van der Waals surface area contributed by atoms with Crippen molar-refractivity contribution in [3.63, 3.8) is 0 Å². The van der Waals surface area contributed by atoms with Crippen molar-refractivity contribution in [3.8, 4) is 12.8 Å². The van der Waals surface area contributed by atoms with Gasteiger partial charge in [0, 0.05) is 19.5 Å². The molecule has 0 fully saturated rings. The van der Waals surface area contributed by atoms with E-state index < -0.39 is 0 Å². The van der Waals surface area contributed by atoms with Gasteiger partial charge < -0.3 is 5.73 Å². The van der Waals surface area contributed by atoms with Crippen molar-refractivity contribution in [2.45, 2.75) is 34.6 Å². The lowest BCUT2D eigenvalue weighted by atomic mass is 10.3. The lowest BCUT2D eigenvalue weighted by molar-refractivity contribution is 1.25. The fourth-order valence-electron chi connectivity index (χ4n) is 0.859. The molecule has 0 aliphatic heterocycles. The molecule has 2 N–H and O–H groups in total. The molecule has 0 rings (SSSR count). The number of allylic oxidation sites excluding steroid dienone is 5. The second kappa shape index (κ2) is 30.8. The van der Waals surface area contributed by atoms with Crippen LogP contribution in [0.2, 0.25) is 0 Å². The Labute approximate surface area is 132 Å². The fraction of sp³-hybridized carbons (Fsp3) is 0.444. The summed E-state index contributed by atoms with van der Waals surface area (Å²) in [6.45, 7) is 10.8. The zero-order valence-corrected chi connectivity index (χ0v) is 14.8. The van der Waals surface area contributed by atoms with Gasteiger partial charge in [-0.1, -0.05) is 38.2 Å². The second-order valence-electron chi connectivity index (χ2n) is 3.25. The van der Waals surface area contributed by atoms with Crippen molar-refractivity contribution in [3.05, 3.63) is 35.5 Å². The summed E-state index contributed by atoms with van der Waals surface area (Å²) in [5.41, 5.74) is 6.83. The van der Waals surface area contributed by atoms with Crippen molar-refractivity contribution >= 4 is 12.4 Å². The summed E-state index contributed by atoms with van der Waals surface area (Å²) < 4.78 is 0. The van der Waals surface area contributed by atoms with E-state index >= 15 is 0 Å². The molecule has 0 aliphatic carbocycles. The topological polar surface area (TPSA) is 50.7 Å². The minimum Gasteiger partial charge on any atom is -0.333 e. The Morgan fingerprint density at radius 3 is 2.00 bits per heavy atom. The van der Waals surface area contributed by atoms with E-state index in [9.17, 15) is 0 Å². The molecule has 0 aromatic carbocycles. The predicted octanol–water partition coefficient (Wildman–Crippen LogP) is 4.08. The van der Waals surface area contributed by atoms with Crippen LogP contribution in [0.25, 0.3) is 0 Å². The molecule has 0 amide bonds. The lowest BCUT2D eigenvalue weighted by Crippen LogP contribution is -1.79. The van der Waals surface area contributed by atoms with Gasteiger partial charge in [0.05, 0.1) is 6.54 Å². The zero-order valence-electron chi connectivity index (χ0n) is 14.8. The molecule has 0 unspecified atom stereocenters. The van der Waals surface area contributed by atoms with Gasteiger partial charge in [-0.3, -0.25) is 9.98 Å². The highest BCUT2D eigenvalue weighted by Crippen LogP contribution is 1.89. The third-order valence-corrected chi connectivity index (χ3v) is 1.79. The number of hydrogen-bond acceptors (Lipinski definition) is 3. The zero-order chi connectivity index (χ0) is 17.5. The smallest absolute Gasteiger partial charge is 0.0573 e. The lowest BCUT2D eigenvalue weighted by Gasteiger charge is -1.87. The van der Waals surface area contributed by atoms with E-state index in [1.807, 2.05) is 71.4 Å². The molecule has 120 valence electrons. The molecule has 3 nitrogen and oxygen atoms in total. The first kappa shape index (κ1) is 27.4. The maximum atomic E-state index is 4.50. The van der Waals surface area contributed by atoms with Crippen LogP contribution in [-0.4, -0.2) is 33.1 Å². The molecule has 21 heavy (non-hydrogen) atoms. The Morgan fingerprint density at radius 1 is 1.05 bits per heavy atom. The van der Waals surface area contributed by atoms with Gasteiger partial charge in [0.15, 0.2) is 0 Å². The standard InChI is InChI=1S/C13H20N2.C2H6.C2H2.CH5N/c1-5-12(2)11-15-9-7-6-8-13(3)10-14-4;3*1-2/h5-8,10-11H,9H2,1-4H3;1-2H3;1-2H;2H2,1H3/b7-6+,12-5-,13-8-,14-10?,15-11?;;;. The first-order chi connectivity index (χ1) is 10.2. The molecule has 0 atom stereocenters. The van der Waals surface area contributed by atoms with Crippen LogP contribution in [0, 0.1) is 12.8 Å². The summed E-state index contributed by atoms with van der Waals surface area (Å²) in [6, 6.07) is 0. The van der Waals surface area contributed by atoms with Crippen LogP contribution in [0.5, 0.6) is 0 Å². The molecule has 0 heterocycles. The van der Waals surface area contributed by atoms with Crippen molar-refractivity contribution in [1.29, 1.82) is 0 Å². The van der Waals surface area contributed by atoms with Gasteiger partial charge in [-0.05, 0) is 39.0 Å². The second-order valence-corrected chi connectivity index (χ2v) is 3.25. The number of rotatable bonds is 5. The molecule has 0 aromatic rings. The quantitative estimate of drug-likeness (QED) is 0.463. The number of nitrogens with two attached hydrogens (primary N) is 1. The van der Waals surface area contributed by atoms with E-state index in [0.29, 0.717) is 0 Å². The monoisotopic (exact) mass is 291 g/mol. The van der Waals surface area contributed by atoms with Crippen LogP contribution in [-0.2, 0) is 0 Å². The van der Waals surface area contributed by atoms with Crippen LogP contribution < -0.4 is 5.73 Å². The molecule has 0 bridgehead atoms. The summed E-state index contributed by atoms with van der Waals surface area (Å²) in [5, 5.41) is 0. The largest absolute Gasteiger partial charge is 0.333 e. The Kier molecular flexibility index (Phi) is 40.3. The molecule has 3 heteroatoms. The van der Waals surface area contributed by atoms with Gasteiger partial charge in [0.25, 0.3) is 0 Å². The molecule has 0 radical (unpaired) electrons. The molecule has 0 saturated carbocycles.